The molecule has 1 aromatic heterocycles. The van der Waals surface area contributed by atoms with Gasteiger partial charge in [-0.3, -0.25) is 0 Å². The molecule has 0 amide bonds. The van der Waals surface area contributed by atoms with Crippen molar-refractivity contribution in [3.63, 3.8) is 0 Å². The highest BCUT2D eigenvalue weighted by atomic mass is 15.3. The highest BCUT2D eigenvalue weighted by Gasteiger charge is 2.22. The molecule has 1 saturated carbocycles. The SMILES string of the molecule is CCC1CCC(NC(C)c2nncn2C)CC1. The van der Waals surface area contributed by atoms with E-state index in [4.69, 9.17) is 0 Å². The van der Waals surface area contributed by atoms with Crippen LogP contribution in [0.1, 0.15) is 57.8 Å². The van der Waals surface area contributed by atoms with Gasteiger partial charge in [0.15, 0.2) is 0 Å². The Morgan fingerprint density at radius 1 is 1.41 bits per heavy atom. The van der Waals surface area contributed by atoms with E-state index in [0.717, 1.165) is 11.7 Å². The Labute approximate surface area is 104 Å². The van der Waals surface area contributed by atoms with E-state index in [1.807, 2.05) is 11.6 Å². The summed E-state index contributed by atoms with van der Waals surface area (Å²) in [5.74, 6) is 1.99. The molecule has 1 N–H and O–H groups in total. The lowest BCUT2D eigenvalue weighted by Gasteiger charge is -2.30. The van der Waals surface area contributed by atoms with Crippen molar-refractivity contribution < 1.29 is 0 Å². The van der Waals surface area contributed by atoms with Crippen LogP contribution in [0.5, 0.6) is 0 Å². The summed E-state index contributed by atoms with van der Waals surface area (Å²) in [5, 5.41) is 11.8. The minimum absolute atomic E-state index is 0.297. The van der Waals surface area contributed by atoms with E-state index >= 15 is 0 Å². The largest absolute Gasteiger partial charge is 0.319 e. The summed E-state index contributed by atoms with van der Waals surface area (Å²) in [7, 11) is 2.00. The predicted molar refractivity (Wildman–Crippen MR) is 68.6 cm³/mol. The number of rotatable bonds is 4. The maximum Gasteiger partial charge on any atom is 0.149 e. The molecule has 1 heterocycles. The van der Waals surface area contributed by atoms with E-state index in [9.17, 15) is 0 Å². The fourth-order valence-electron chi connectivity index (χ4n) is 2.85. The van der Waals surface area contributed by atoms with E-state index in [1.165, 1.54) is 32.1 Å². The summed E-state index contributed by atoms with van der Waals surface area (Å²) in [6.45, 7) is 4.48. The normalized spacial score (nSPS) is 27.0. The van der Waals surface area contributed by atoms with Crippen LogP contribution in [0.3, 0.4) is 0 Å². The molecule has 0 bridgehead atoms. The van der Waals surface area contributed by atoms with Gasteiger partial charge in [-0.05, 0) is 38.5 Å². The van der Waals surface area contributed by atoms with Crippen molar-refractivity contribution in [1.82, 2.24) is 20.1 Å². The molecule has 0 radical (unpaired) electrons. The second-order valence-corrected chi connectivity index (χ2v) is 5.31. The maximum atomic E-state index is 4.16. The first-order valence-corrected chi connectivity index (χ1v) is 6.80. The third kappa shape index (κ3) is 3.06. The molecule has 1 unspecified atom stereocenters. The molecule has 96 valence electrons. The number of hydrogen-bond acceptors (Lipinski definition) is 3. The van der Waals surface area contributed by atoms with Crippen LogP contribution in [-0.4, -0.2) is 20.8 Å². The molecule has 1 atom stereocenters. The van der Waals surface area contributed by atoms with Crippen molar-refractivity contribution in [2.75, 3.05) is 0 Å². The van der Waals surface area contributed by atoms with Crippen molar-refractivity contribution in [1.29, 1.82) is 0 Å². The van der Waals surface area contributed by atoms with E-state index in [-0.39, 0.29) is 0 Å². The Morgan fingerprint density at radius 2 is 2.12 bits per heavy atom. The van der Waals surface area contributed by atoms with Crippen molar-refractivity contribution in [3.05, 3.63) is 12.2 Å². The van der Waals surface area contributed by atoms with Gasteiger partial charge in [0, 0.05) is 13.1 Å². The predicted octanol–water partition coefficient (Wildman–Crippen LogP) is 2.43. The Morgan fingerprint density at radius 3 is 2.65 bits per heavy atom. The molecule has 4 nitrogen and oxygen atoms in total. The Hall–Kier alpha value is -0.900. The van der Waals surface area contributed by atoms with Crippen LogP contribution < -0.4 is 5.32 Å². The van der Waals surface area contributed by atoms with Gasteiger partial charge in [0.1, 0.15) is 12.2 Å². The second-order valence-electron chi connectivity index (χ2n) is 5.31. The minimum Gasteiger partial charge on any atom is -0.319 e. The number of aromatic nitrogens is 3. The molecule has 1 fully saturated rings. The summed E-state index contributed by atoms with van der Waals surface area (Å²) in [6.07, 6.45) is 8.47. The average molecular weight is 236 g/mol. The second kappa shape index (κ2) is 5.63. The van der Waals surface area contributed by atoms with Gasteiger partial charge < -0.3 is 9.88 Å². The standard InChI is InChI=1S/C13H24N4/c1-4-11-5-7-12(8-6-11)15-10(2)13-16-14-9-17(13)3/h9-12,15H,4-8H2,1-3H3. The van der Waals surface area contributed by atoms with Gasteiger partial charge in [-0.15, -0.1) is 10.2 Å². The smallest absolute Gasteiger partial charge is 0.149 e. The summed E-state index contributed by atoms with van der Waals surface area (Å²) >= 11 is 0. The fraction of sp³-hybridized carbons (Fsp3) is 0.846. The van der Waals surface area contributed by atoms with Crippen LogP contribution >= 0.6 is 0 Å². The van der Waals surface area contributed by atoms with Crippen molar-refractivity contribution in [2.24, 2.45) is 13.0 Å². The Balaban J connectivity index is 1.84. The highest BCUT2D eigenvalue weighted by Crippen LogP contribution is 2.27. The Kier molecular flexibility index (Phi) is 4.15. The van der Waals surface area contributed by atoms with Crippen molar-refractivity contribution >= 4 is 0 Å². The van der Waals surface area contributed by atoms with Crippen LogP contribution in [-0.2, 0) is 7.05 Å². The third-order valence-corrected chi connectivity index (χ3v) is 4.04. The van der Waals surface area contributed by atoms with Crippen molar-refractivity contribution in [2.45, 2.75) is 58.0 Å². The summed E-state index contributed by atoms with van der Waals surface area (Å²) in [4.78, 5) is 0. The van der Waals surface area contributed by atoms with Crippen LogP contribution in [0.4, 0.5) is 0 Å². The molecule has 17 heavy (non-hydrogen) atoms. The first kappa shape index (κ1) is 12.6. The maximum absolute atomic E-state index is 4.16. The minimum atomic E-state index is 0.297. The number of nitrogens with one attached hydrogen (secondary N) is 1. The highest BCUT2D eigenvalue weighted by molar-refractivity contribution is 4.93. The van der Waals surface area contributed by atoms with E-state index < -0.39 is 0 Å². The quantitative estimate of drug-likeness (QED) is 0.873. The molecule has 0 aromatic carbocycles. The van der Waals surface area contributed by atoms with Gasteiger partial charge in [0.05, 0.1) is 6.04 Å². The van der Waals surface area contributed by atoms with E-state index in [1.54, 1.807) is 6.33 Å². The number of hydrogen-bond donors (Lipinski definition) is 1. The summed E-state index contributed by atoms with van der Waals surface area (Å²) < 4.78 is 2.00. The first-order valence-electron chi connectivity index (χ1n) is 6.80. The van der Waals surface area contributed by atoms with Gasteiger partial charge in [-0.1, -0.05) is 13.3 Å². The fourth-order valence-corrected chi connectivity index (χ4v) is 2.85. The van der Waals surface area contributed by atoms with E-state index in [0.29, 0.717) is 12.1 Å². The molecule has 2 rings (SSSR count). The topological polar surface area (TPSA) is 42.7 Å². The first-order chi connectivity index (χ1) is 8.20. The molecule has 4 heteroatoms. The monoisotopic (exact) mass is 236 g/mol. The molecule has 0 aliphatic heterocycles. The zero-order valence-electron chi connectivity index (χ0n) is 11.2. The number of nitrogens with zero attached hydrogens (tertiary/aromatic N) is 3. The van der Waals surface area contributed by atoms with Gasteiger partial charge in [0.25, 0.3) is 0 Å². The average Bonchev–Trinajstić information content (AvgIpc) is 2.76. The lowest BCUT2D eigenvalue weighted by Crippen LogP contribution is -2.35. The molecular weight excluding hydrogens is 212 g/mol. The Bertz CT molecular complexity index is 339. The van der Waals surface area contributed by atoms with Crippen LogP contribution in [0, 0.1) is 5.92 Å². The van der Waals surface area contributed by atoms with Crippen LogP contribution in [0.2, 0.25) is 0 Å². The lowest BCUT2D eigenvalue weighted by atomic mass is 9.84. The lowest BCUT2D eigenvalue weighted by molar-refractivity contribution is 0.270. The zero-order valence-corrected chi connectivity index (χ0v) is 11.2. The van der Waals surface area contributed by atoms with Gasteiger partial charge in [-0.2, -0.15) is 0 Å². The molecular formula is C13H24N4. The van der Waals surface area contributed by atoms with E-state index in [2.05, 4.69) is 29.4 Å². The van der Waals surface area contributed by atoms with Crippen molar-refractivity contribution in [3.8, 4) is 0 Å². The van der Waals surface area contributed by atoms with Gasteiger partial charge in [0.2, 0.25) is 0 Å². The molecule has 0 saturated heterocycles. The molecule has 1 aliphatic rings. The third-order valence-electron chi connectivity index (χ3n) is 4.04. The molecule has 1 aromatic rings. The van der Waals surface area contributed by atoms with Crippen LogP contribution in [0.25, 0.3) is 0 Å². The zero-order chi connectivity index (χ0) is 12.3. The molecule has 0 spiro atoms. The molecule has 1 aliphatic carbocycles. The van der Waals surface area contributed by atoms with Crippen LogP contribution in [0.15, 0.2) is 6.33 Å². The number of aryl methyl sites for hydroxylation is 1. The van der Waals surface area contributed by atoms with Gasteiger partial charge in [-0.25, -0.2) is 0 Å². The van der Waals surface area contributed by atoms with Gasteiger partial charge >= 0.3 is 0 Å². The summed E-state index contributed by atoms with van der Waals surface area (Å²) in [5.41, 5.74) is 0. The summed E-state index contributed by atoms with van der Waals surface area (Å²) in [6, 6.07) is 0.954.